The first kappa shape index (κ1) is 15.4. The van der Waals surface area contributed by atoms with Crippen LogP contribution < -0.4 is 4.74 Å². The first-order valence-corrected chi connectivity index (χ1v) is 6.54. The minimum Gasteiger partial charge on any atom is -0.457 e. The molecule has 0 saturated heterocycles. The van der Waals surface area contributed by atoms with Crippen LogP contribution in [0.4, 0.5) is 13.2 Å². The molecule has 0 amide bonds. The number of aliphatic hydroxyl groups is 1. The number of benzene rings is 2. The van der Waals surface area contributed by atoms with E-state index in [1.54, 1.807) is 12.1 Å². The summed E-state index contributed by atoms with van der Waals surface area (Å²) in [6, 6.07) is 11.8. The third-order valence-electron chi connectivity index (χ3n) is 2.94. The molecular weight excluding hydrogens is 281 g/mol. The van der Waals surface area contributed by atoms with Crippen molar-refractivity contribution >= 4 is 0 Å². The quantitative estimate of drug-likeness (QED) is 0.885. The van der Waals surface area contributed by atoms with Crippen LogP contribution in [-0.4, -0.2) is 11.7 Å². The molecular formula is C16H15F3O2. The van der Waals surface area contributed by atoms with E-state index in [9.17, 15) is 13.2 Å². The van der Waals surface area contributed by atoms with Crippen molar-refractivity contribution < 1.29 is 23.0 Å². The van der Waals surface area contributed by atoms with Crippen LogP contribution in [0, 0.1) is 0 Å². The van der Waals surface area contributed by atoms with Gasteiger partial charge in [0, 0.05) is 6.61 Å². The molecule has 21 heavy (non-hydrogen) atoms. The second-order valence-electron chi connectivity index (χ2n) is 4.60. The van der Waals surface area contributed by atoms with E-state index in [0.717, 1.165) is 24.1 Å². The van der Waals surface area contributed by atoms with Crippen molar-refractivity contribution in [2.75, 3.05) is 6.61 Å². The number of hydrogen-bond acceptors (Lipinski definition) is 2. The molecule has 112 valence electrons. The number of aryl methyl sites for hydroxylation is 1. The summed E-state index contributed by atoms with van der Waals surface area (Å²) in [5.41, 5.74) is 0.306. The Morgan fingerprint density at radius 3 is 2.29 bits per heavy atom. The molecule has 0 aliphatic rings. The Balaban J connectivity index is 2.08. The van der Waals surface area contributed by atoms with E-state index in [4.69, 9.17) is 9.84 Å². The van der Waals surface area contributed by atoms with Gasteiger partial charge >= 0.3 is 6.18 Å². The van der Waals surface area contributed by atoms with E-state index in [1.807, 2.05) is 12.1 Å². The summed E-state index contributed by atoms with van der Waals surface area (Å²) in [7, 11) is 0. The molecule has 0 atom stereocenters. The highest BCUT2D eigenvalue weighted by molar-refractivity contribution is 5.36. The minimum atomic E-state index is -4.38. The van der Waals surface area contributed by atoms with E-state index >= 15 is 0 Å². The molecule has 0 bridgehead atoms. The Bertz CT molecular complexity index is 577. The van der Waals surface area contributed by atoms with Gasteiger partial charge in [-0.1, -0.05) is 18.2 Å². The smallest absolute Gasteiger partial charge is 0.416 e. The normalized spacial score (nSPS) is 11.4. The van der Waals surface area contributed by atoms with Gasteiger partial charge in [-0.3, -0.25) is 0 Å². The molecule has 0 aliphatic heterocycles. The molecule has 0 saturated carbocycles. The van der Waals surface area contributed by atoms with Crippen molar-refractivity contribution in [3.63, 3.8) is 0 Å². The molecule has 0 aliphatic carbocycles. The van der Waals surface area contributed by atoms with Gasteiger partial charge in [-0.25, -0.2) is 0 Å². The molecule has 2 aromatic rings. The van der Waals surface area contributed by atoms with Crippen molar-refractivity contribution in [2.45, 2.75) is 19.0 Å². The molecule has 2 nitrogen and oxygen atoms in total. The number of alkyl halides is 3. The number of rotatable bonds is 5. The Labute approximate surface area is 120 Å². The van der Waals surface area contributed by atoms with Gasteiger partial charge in [0.25, 0.3) is 0 Å². The van der Waals surface area contributed by atoms with Gasteiger partial charge in [0.05, 0.1) is 5.56 Å². The van der Waals surface area contributed by atoms with Gasteiger partial charge in [0.2, 0.25) is 0 Å². The van der Waals surface area contributed by atoms with Crippen molar-refractivity contribution in [1.82, 2.24) is 0 Å². The van der Waals surface area contributed by atoms with Gasteiger partial charge in [-0.2, -0.15) is 13.2 Å². The van der Waals surface area contributed by atoms with E-state index in [0.29, 0.717) is 12.2 Å². The fraction of sp³-hybridized carbons (Fsp3) is 0.250. The molecule has 0 radical (unpaired) electrons. The summed E-state index contributed by atoms with van der Waals surface area (Å²) in [6.45, 7) is 0.127. The van der Waals surface area contributed by atoms with Crippen molar-refractivity contribution in [3.8, 4) is 11.5 Å². The minimum absolute atomic E-state index is 0.127. The van der Waals surface area contributed by atoms with Gasteiger partial charge in [-0.05, 0) is 48.7 Å². The highest BCUT2D eigenvalue weighted by Gasteiger charge is 2.30. The summed E-state index contributed by atoms with van der Waals surface area (Å²) in [4.78, 5) is 0. The summed E-state index contributed by atoms with van der Waals surface area (Å²) in [5, 5.41) is 8.75. The number of aliphatic hydroxyl groups excluding tert-OH is 1. The molecule has 2 aromatic carbocycles. The van der Waals surface area contributed by atoms with Crippen LogP contribution >= 0.6 is 0 Å². The van der Waals surface area contributed by atoms with Gasteiger partial charge < -0.3 is 9.84 Å². The number of ether oxygens (including phenoxy) is 1. The molecule has 0 spiro atoms. The van der Waals surface area contributed by atoms with Crippen LogP contribution in [0.15, 0.2) is 48.5 Å². The Morgan fingerprint density at radius 1 is 0.952 bits per heavy atom. The third kappa shape index (κ3) is 4.49. The maximum Gasteiger partial charge on any atom is 0.416 e. The largest absolute Gasteiger partial charge is 0.457 e. The standard InChI is InChI=1S/C16H15F3O2/c17-16(18,19)13-4-1-5-15(11-13)21-14-8-6-12(7-9-14)3-2-10-20/h1,4-9,11,20H,2-3,10H2. The van der Waals surface area contributed by atoms with E-state index in [1.165, 1.54) is 12.1 Å². The maximum absolute atomic E-state index is 12.6. The number of halogens is 3. The van der Waals surface area contributed by atoms with Crippen LogP contribution in [0.2, 0.25) is 0 Å². The van der Waals surface area contributed by atoms with Crippen LogP contribution in [0.1, 0.15) is 17.5 Å². The first-order chi connectivity index (χ1) is 9.99. The molecule has 0 aromatic heterocycles. The van der Waals surface area contributed by atoms with Crippen molar-refractivity contribution in [2.24, 2.45) is 0 Å². The predicted octanol–water partition coefficient (Wildman–Crippen LogP) is 4.42. The van der Waals surface area contributed by atoms with E-state index in [2.05, 4.69) is 0 Å². The lowest BCUT2D eigenvalue weighted by Crippen LogP contribution is -2.04. The predicted molar refractivity (Wildman–Crippen MR) is 73.4 cm³/mol. The summed E-state index contributed by atoms with van der Waals surface area (Å²) in [5.74, 6) is 0.620. The third-order valence-corrected chi connectivity index (χ3v) is 2.94. The lowest BCUT2D eigenvalue weighted by molar-refractivity contribution is -0.137. The van der Waals surface area contributed by atoms with Crippen molar-refractivity contribution in [3.05, 3.63) is 59.7 Å². The maximum atomic E-state index is 12.6. The SMILES string of the molecule is OCCCc1ccc(Oc2cccc(C(F)(F)F)c2)cc1. The molecule has 2 rings (SSSR count). The zero-order valence-corrected chi connectivity index (χ0v) is 11.2. The molecule has 1 N–H and O–H groups in total. The average molecular weight is 296 g/mol. The first-order valence-electron chi connectivity index (χ1n) is 6.54. The summed E-state index contributed by atoms with van der Waals surface area (Å²) < 4.78 is 43.2. The van der Waals surface area contributed by atoms with Crippen LogP contribution in [0.3, 0.4) is 0 Å². The molecule has 5 heteroatoms. The average Bonchev–Trinajstić information content (AvgIpc) is 2.46. The van der Waals surface area contributed by atoms with Crippen molar-refractivity contribution in [1.29, 1.82) is 0 Å². The van der Waals surface area contributed by atoms with Gasteiger partial charge in [-0.15, -0.1) is 0 Å². The fourth-order valence-corrected chi connectivity index (χ4v) is 1.88. The van der Waals surface area contributed by atoms with Crippen LogP contribution in [0.5, 0.6) is 11.5 Å². The monoisotopic (exact) mass is 296 g/mol. The van der Waals surface area contributed by atoms with Crippen LogP contribution in [-0.2, 0) is 12.6 Å². The van der Waals surface area contributed by atoms with E-state index < -0.39 is 11.7 Å². The van der Waals surface area contributed by atoms with E-state index in [-0.39, 0.29) is 12.4 Å². The fourth-order valence-electron chi connectivity index (χ4n) is 1.88. The molecule has 0 heterocycles. The topological polar surface area (TPSA) is 29.5 Å². The van der Waals surface area contributed by atoms with Gasteiger partial charge in [0.1, 0.15) is 11.5 Å². The highest BCUT2D eigenvalue weighted by Crippen LogP contribution is 2.32. The lowest BCUT2D eigenvalue weighted by Gasteiger charge is -2.10. The zero-order chi connectivity index (χ0) is 15.3. The molecule has 0 fully saturated rings. The number of hydrogen-bond donors (Lipinski definition) is 1. The Hall–Kier alpha value is -2.01. The van der Waals surface area contributed by atoms with Crippen LogP contribution in [0.25, 0.3) is 0 Å². The Morgan fingerprint density at radius 2 is 1.67 bits per heavy atom. The zero-order valence-electron chi connectivity index (χ0n) is 11.2. The highest BCUT2D eigenvalue weighted by atomic mass is 19.4. The Kier molecular flexibility index (Phi) is 4.85. The summed E-state index contributed by atoms with van der Waals surface area (Å²) >= 11 is 0. The van der Waals surface area contributed by atoms with Gasteiger partial charge in [0.15, 0.2) is 0 Å². The second-order valence-corrected chi connectivity index (χ2v) is 4.60. The summed E-state index contributed by atoms with van der Waals surface area (Å²) in [6.07, 6.45) is -2.96. The second kappa shape index (κ2) is 6.63. The molecule has 0 unspecified atom stereocenters. The lowest BCUT2D eigenvalue weighted by atomic mass is 10.1.